The minimum atomic E-state index is -3.56. The molecule has 0 aromatic carbocycles. The van der Waals surface area contributed by atoms with Crippen LogP contribution in [0.5, 0.6) is 0 Å². The van der Waals surface area contributed by atoms with Crippen LogP contribution in [0.3, 0.4) is 0 Å². The molecule has 2 heterocycles. The third-order valence-corrected chi connectivity index (χ3v) is 4.54. The number of furan rings is 1. The molecule has 102 valence electrons. The van der Waals surface area contributed by atoms with Gasteiger partial charge in [0.05, 0.1) is 6.54 Å². The SMILES string of the molecule is CN1CCC(NS(=O)(=O)c2ccc(CN)o2)CC1. The van der Waals surface area contributed by atoms with Crippen molar-refractivity contribution in [2.24, 2.45) is 5.73 Å². The van der Waals surface area contributed by atoms with Gasteiger partial charge < -0.3 is 15.1 Å². The molecule has 6 nitrogen and oxygen atoms in total. The van der Waals surface area contributed by atoms with E-state index in [1.165, 1.54) is 6.07 Å². The highest BCUT2D eigenvalue weighted by atomic mass is 32.2. The van der Waals surface area contributed by atoms with E-state index < -0.39 is 10.0 Å². The van der Waals surface area contributed by atoms with Crippen LogP contribution in [-0.4, -0.2) is 39.5 Å². The summed E-state index contributed by atoms with van der Waals surface area (Å²) in [6.45, 7) is 2.00. The highest BCUT2D eigenvalue weighted by Gasteiger charge is 2.25. The first-order valence-electron chi connectivity index (χ1n) is 6.01. The molecule has 1 aromatic rings. The largest absolute Gasteiger partial charge is 0.447 e. The fourth-order valence-electron chi connectivity index (χ4n) is 2.02. The van der Waals surface area contributed by atoms with Gasteiger partial charge in [0.2, 0.25) is 5.09 Å². The first-order chi connectivity index (χ1) is 8.51. The number of nitrogens with zero attached hydrogens (tertiary/aromatic N) is 1. The number of piperidine rings is 1. The predicted molar refractivity (Wildman–Crippen MR) is 67.4 cm³/mol. The van der Waals surface area contributed by atoms with Gasteiger partial charge >= 0.3 is 0 Å². The summed E-state index contributed by atoms with van der Waals surface area (Å²) >= 11 is 0. The first kappa shape index (κ1) is 13.5. The predicted octanol–water partition coefficient (Wildman–Crippen LogP) is 0.111. The third kappa shape index (κ3) is 3.11. The van der Waals surface area contributed by atoms with Gasteiger partial charge in [0.15, 0.2) is 0 Å². The van der Waals surface area contributed by atoms with Crippen molar-refractivity contribution >= 4 is 10.0 Å². The Kier molecular flexibility index (Phi) is 4.06. The van der Waals surface area contributed by atoms with Gasteiger partial charge in [0.25, 0.3) is 10.0 Å². The Balaban J connectivity index is 2.03. The van der Waals surface area contributed by atoms with Gasteiger partial charge in [0.1, 0.15) is 5.76 Å². The maximum atomic E-state index is 12.1. The van der Waals surface area contributed by atoms with E-state index in [4.69, 9.17) is 10.2 Å². The lowest BCUT2D eigenvalue weighted by atomic mass is 10.1. The van der Waals surface area contributed by atoms with Gasteiger partial charge in [-0.1, -0.05) is 0 Å². The number of nitrogens with two attached hydrogens (primary N) is 1. The van der Waals surface area contributed by atoms with Crippen LogP contribution in [0.15, 0.2) is 21.6 Å². The lowest BCUT2D eigenvalue weighted by molar-refractivity contribution is 0.247. The van der Waals surface area contributed by atoms with Gasteiger partial charge in [-0.2, -0.15) is 0 Å². The Morgan fingerprint density at radius 1 is 1.44 bits per heavy atom. The molecule has 18 heavy (non-hydrogen) atoms. The molecule has 3 N–H and O–H groups in total. The standard InChI is InChI=1S/C11H19N3O3S/c1-14-6-4-9(5-7-14)13-18(15,16)11-3-2-10(8-12)17-11/h2-3,9,13H,4-8,12H2,1H3. The third-order valence-electron chi connectivity index (χ3n) is 3.14. The topological polar surface area (TPSA) is 88.6 Å². The molecule has 0 aliphatic carbocycles. The Hall–Kier alpha value is -0.890. The molecular formula is C11H19N3O3S. The molecule has 1 aliphatic rings. The second-order valence-corrected chi connectivity index (χ2v) is 6.27. The molecule has 0 atom stereocenters. The normalized spacial score (nSPS) is 19.2. The zero-order valence-electron chi connectivity index (χ0n) is 10.4. The van der Waals surface area contributed by atoms with Crippen molar-refractivity contribution in [2.45, 2.75) is 30.5 Å². The summed E-state index contributed by atoms with van der Waals surface area (Å²) in [5.41, 5.74) is 5.39. The van der Waals surface area contributed by atoms with Crippen molar-refractivity contribution in [3.63, 3.8) is 0 Å². The number of sulfonamides is 1. The van der Waals surface area contributed by atoms with Crippen LogP contribution in [0.2, 0.25) is 0 Å². The second-order valence-electron chi connectivity index (χ2n) is 4.62. The molecule has 0 unspecified atom stereocenters. The van der Waals surface area contributed by atoms with E-state index in [0.717, 1.165) is 25.9 Å². The quantitative estimate of drug-likeness (QED) is 0.813. The summed E-state index contributed by atoms with van der Waals surface area (Å²) in [4.78, 5) is 2.18. The van der Waals surface area contributed by atoms with Gasteiger partial charge in [-0.3, -0.25) is 0 Å². The van der Waals surface area contributed by atoms with Crippen LogP contribution in [0.1, 0.15) is 18.6 Å². The Morgan fingerprint density at radius 2 is 2.11 bits per heavy atom. The van der Waals surface area contributed by atoms with Gasteiger partial charge in [0, 0.05) is 6.04 Å². The number of likely N-dealkylation sites (tertiary alicyclic amines) is 1. The molecule has 1 aliphatic heterocycles. The van der Waals surface area contributed by atoms with E-state index in [1.54, 1.807) is 6.07 Å². The van der Waals surface area contributed by atoms with E-state index in [0.29, 0.717) is 5.76 Å². The van der Waals surface area contributed by atoms with Crippen LogP contribution in [0, 0.1) is 0 Å². The zero-order chi connectivity index (χ0) is 13.2. The molecular weight excluding hydrogens is 254 g/mol. The maximum absolute atomic E-state index is 12.1. The summed E-state index contributed by atoms with van der Waals surface area (Å²) in [5.74, 6) is 0.471. The van der Waals surface area contributed by atoms with E-state index in [2.05, 4.69) is 9.62 Å². The van der Waals surface area contributed by atoms with Crippen LogP contribution in [0.4, 0.5) is 0 Å². The van der Waals surface area contributed by atoms with Crippen molar-refractivity contribution in [1.82, 2.24) is 9.62 Å². The van der Waals surface area contributed by atoms with Crippen molar-refractivity contribution < 1.29 is 12.8 Å². The minimum Gasteiger partial charge on any atom is -0.447 e. The number of rotatable bonds is 4. The number of hydrogen-bond acceptors (Lipinski definition) is 5. The lowest BCUT2D eigenvalue weighted by Crippen LogP contribution is -2.43. The Bertz CT molecular complexity index is 489. The molecule has 0 bridgehead atoms. The molecule has 1 fully saturated rings. The van der Waals surface area contributed by atoms with Gasteiger partial charge in [-0.05, 0) is 45.1 Å². The average molecular weight is 273 g/mol. The van der Waals surface area contributed by atoms with Crippen LogP contribution < -0.4 is 10.5 Å². The number of hydrogen-bond donors (Lipinski definition) is 2. The van der Waals surface area contributed by atoms with E-state index in [-0.39, 0.29) is 17.7 Å². The Labute approximate surface area is 107 Å². The Morgan fingerprint density at radius 3 is 2.67 bits per heavy atom. The molecule has 1 saturated heterocycles. The summed E-state index contributed by atoms with van der Waals surface area (Å²) in [7, 11) is -1.52. The molecule has 0 radical (unpaired) electrons. The summed E-state index contributed by atoms with van der Waals surface area (Å²) in [6.07, 6.45) is 1.64. The minimum absolute atomic E-state index is 0.0161. The molecule has 0 amide bonds. The summed E-state index contributed by atoms with van der Waals surface area (Å²) in [6, 6.07) is 3.01. The van der Waals surface area contributed by atoms with E-state index in [9.17, 15) is 8.42 Å². The molecule has 0 saturated carbocycles. The highest BCUT2D eigenvalue weighted by Crippen LogP contribution is 2.16. The second kappa shape index (κ2) is 5.40. The molecule has 2 rings (SSSR count). The molecule has 7 heteroatoms. The van der Waals surface area contributed by atoms with Crippen molar-refractivity contribution in [1.29, 1.82) is 0 Å². The summed E-state index contributed by atoms with van der Waals surface area (Å²) in [5, 5.41) is -0.0538. The zero-order valence-corrected chi connectivity index (χ0v) is 11.2. The van der Waals surface area contributed by atoms with Crippen LogP contribution in [-0.2, 0) is 16.6 Å². The molecule has 0 spiro atoms. The first-order valence-corrected chi connectivity index (χ1v) is 7.49. The maximum Gasteiger partial charge on any atom is 0.274 e. The molecule has 1 aromatic heterocycles. The highest BCUT2D eigenvalue weighted by molar-refractivity contribution is 7.89. The number of nitrogens with one attached hydrogen (secondary N) is 1. The van der Waals surface area contributed by atoms with Crippen molar-refractivity contribution in [3.8, 4) is 0 Å². The smallest absolute Gasteiger partial charge is 0.274 e. The fraction of sp³-hybridized carbons (Fsp3) is 0.636. The summed E-state index contributed by atoms with van der Waals surface area (Å²) < 4.78 is 32.0. The monoisotopic (exact) mass is 273 g/mol. The van der Waals surface area contributed by atoms with E-state index >= 15 is 0 Å². The van der Waals surface area contributed by atoms with Crippen molar-refractivity contribution in [3.05, 3.63) is 17.9 Å². The lowest BCUT2D eigenvalue weighted by Gasteiger charge is -2.28. The van der Waals surface area contributed by atoms with E-state index in [1.807, 2.05) is 7.05 Å². The van der Waals surface area contributed by atoms with Crippen LogP contribution >= 0.6 is 0 Å². The van der Waals surface area contributed by atoms with Crippen LogP contribution in [0.25, 0.3) is 0 Å². The van der Waals surface area contributed by atoms with Crippen molar-refractivity contribution in [2.75, 3.05) is 20.1 Å². The average Bonchev–Trinajstić information content (AvgIpc) is 2.81. The van der Waals surface area contributed by atoms with Gasteiger partial charge in [-0.25, -0.2) is 13.1 Å². The van der Waals surface area contributed by atoms with Gasteiger partial charge in [-0.15, -0.1) is 0 Å². The fourth-order valence-corrected chi connectivity index (χ4v) is 3.27.